The van der Waals surface area contributed by atoms with Crippen molar-refractivity contribution in [2.45, 2.75) is 39.0 Å². The zero-order valence-corrected chi connectivity index (χ0v) is 13.6. The Bertz CT molecular complexity index is 385. The van der Waals surface area contributed by atoms with E-state index in [-0.39, 0.29) is 5.91 Å². The molecule has 124 valence electrons. The lowest BCUT2D eigenvalue weighted by atomic mass is 10.2. The highest BCUT2D eigenvalue weighted by molar-refractivity contribution is 5.93. The molecule has 5 nitrogen and oxygen atoms in total. The molecule has 0 atom stereocenters. The minimum Gasteiger partial charge on any atom is -0.379 e. The number of rotatable bonds is 13. The summed E-state index contributed by atoms with van der Waals surface area (Å²) in [7, 11) is 0. The van der Waals surface area contributed by atoms with Gasteiger partial charge in [-0.1, -0.05) is 26.2 Å². The molecule has 0 aliphatic carbocycles. The maximum atomic E-state index is 11.7. The van der Waals surface area contributed by atoms with E-state index in [9.17, 15) is 4.79 Å². The van der Waals surface area contributed by atoms with E-state index in [0.717, 1.165) is 19.4 Å². The van der Waals surface area contributed by atoms with Crippen molar-refractivity contribution in [3.63, 3.8) is 0 Å². The molecule has 0 bridgehead atoms. The van der Waals surface area contributed by atoms with E-state index < -0.39 is 0 Å². The second-order valence-electron chi connectivity index (χ2n) is 5.14. The number of carbonyl (C=O) groups excluding carboxylic acids is 1. The van der Waals surface area contributed by atoms with Gasteiger partial charge in [0.15, 0.2) is 0 Å². The molecule has 1 aromatic rings. The Morgan fingerprint density at radius 3 is 2.55 bits per heavy atom. The van der Waals surface area contributed by atoms with Gasteiger partial charge < -0.3 is 14.8 Å². The van der Waals surface area contributed by atoms with Gasteiger partial charge in [-0.05, 0) is 25.0 Å². The summed E-state index contributed by atoms with van der Waals surface area (Å²) < 4.78 is 10.9. The predicted octanol–water partition coefficient (Wildman–Crippen LogP) is 2.82. The highest BCUT2D eigenvalue weighted by Crippen LogP contribution is 1.98. The predicted molar refractivity (Wildman–Crippen MR) is 87.0 cm³/mol. The second kappa shape index (κ2) is 13.2. The molecular weight excluding hydrogens is 280 g/mol. The summed E-state index contributed by atoms with van der Waals surface area (Å²) in [5.74, 6) is -0.0940. The normalized spacial score (nSPS) is 10.6. The van der Waals surface area contributed by atoms with Crippen LogP contribution in [0.15, 0.2) is 24.5 Å². The van der Waals surface area contributed by atoms with Crippen LogP contribution in [0.4, 0.5) is 0 Å². The molecule has 0 spiro atoms. The van der Waals surface area contributed by atoms with Crippen LogP contribution in [0, 0.1) is 0 Å². The summed E-state index contributed by atoms with van der Waals surface area (Å²) in [6.45, 7) is 5.52. The van der Waals surface area contributed by atoms with Gasteiger partial charge in [-0.2, -0.15) is 0 Å². The Morgan fingerprint density at radius 1 is 1.09 bits per heavy atom. The smallest absolute Gasteiger partial charge is 0.252 e. The van der Waals surface area contributed by atoms with Crippen molar-refractivity contribution in [2.24, 2.45) is 0 Å². The summed E-state index contributed by atoms with van der Waals surface area (Å²) in [5.41, 5.74) is 0.583. The van der Waals surface area contributed by atoms with Gasteiger partial charge in [0.25, 0.3) is 5.91 Å². The first-order valence-corrected chi connectivity index (χ1v) is 8.18. The van der Waals surface area contributed by atoms with Crippen LogP contribution in [0.3, 0.4) is 0 Å². The fourth-order valence-electron chi connectivity index (χ4n) is 1.93. The molecule has 5 heteroatoms. The third-order valence-electron chi connectivity index (χ3n) is 3.19. The van der Waals surface area contributed by atoms with E-state index in [1.165, 1.54) is 19.3 Å². The quantitative estimate of drug-likeness (QED) is 0.569. The largest absolute Gasteiger partial charge is 0.379 e. The topological polar surface area (TPSA) is 60.5 Å². The molecule has 0 radical (unpaired) electrons. The minimum absolute atomic E-state index is 0.0940. The Balaban J connectivity index is 1.85. The number of carbonyl (C=O) groups is 1. The molecule has 0 fully saturated rings. The summed E-state index contributed by atoms with van der Waals surface area (Å²) in [6.07, 6.45) is 8.91. The van der Waals surface area contributed by atoms with Crippen LogP contribution < -0.4 is 5.32 Å². The van der Waals surface area contributed by atoms with E-state index in [0.29, 0.717) is 31.9 Å². The Morgan fingerprint density at radius 2 is 1.86 bits per heavy atom. The number of pyridine rings is 1. The zero-order valence-electron chi connectivity index (χ0n) is 13.6. The molecule has 1 amide bonds. The number of nitrogens with one attached hydrogen (secondary N) is 1. The van der Waals surface area contributed by atoms with E-state index in [1.54, 1.807) is 24.5 Å². The first-order chi connectivity index (χ1) is 10.8. The van der Waals surface area contributed by atoms with Crippen LogP contribution in [-0.2, 0) is 9.47 Å². The SMILES string of the molecule is CCCCCCOCCOCCCNC(=O)c1cccnc1. The van der Waals surface area contributed by atoms with E-state index in [1.807, 2.05) is 0 Å². The molecular formula is C17H28N2O3. The second-order valence-corrected chi connectivity index (χ2v) is 5.14. The molecule has 1 N–H and O–H groups in total. The van der Waals surface area contributed by atoms with Crippen LogP contribution >= 0.6 is 0 Å². The van der Waals surface area contributed by atoms with E-state index in [2.05, 4.69) is 17.2 Å². The number of nitrogens with zero attached hydrogens (tertiary/aromatic N) is 1. The number of aromatic nitrogens is 1. The monoisotopic (exact) mass is 308 g/mol. The molecule has 0 aromatic carbocycles. The molecule has 1 aromatic heterocycles. The standard InChI is InChI=1S/C17H28N2O3/c1-2-3-4-5-11-21-13-14-22-12-7-10-19-17(20)16-8-6-9-18-15-16/h6,8-9,15H,2-5,7,10-14H2,1H3,(H,19,20). The third-order valence-corrected chi connectivity index (χ3v) is 3.19. The third kappa shape index (κ3) is 9.47. The maximum Gasteiger partial charge on any atom is 0.252 e. The molecule has 22 heavy (non-hydrogen) atoms. The Hall–Kier alpha value is -1.46. The van der Waals surface area contributed by atoms with Gasteiger partial charge in [-0.15, -0.1) is 0 Å². The van der Waals surface area contributed by atoms with Crippen LogP contribution in [-0.4, -0.2) is 43.9 Å². The van der Waals surface area contributed by atoms with Crippen molar-refractivity contribution in [3.8, 4) is 0 Å². The van der Waals surface area contributed by atoms with Crippen molar-refractivity contribution in [1.82, 2.24) is 10.3 Å². The molecule has 1 rings (SSSR count). The van der Waals surface area contributed by atoms with Crippen molar-refractivity contribution in [2.75, 3.05) is 33.0 Å². The molecule has 0 aliphatic rings. The number of unbranched alkanes of at least 4 members (excludes halogenated alkanes) is 3. The zero-order chi connectivity index (χ0) is 15.9. The van der Waals surface area contributed by atoms with Crippen LogP contribution in [0.25, 0.3) is 0 Å². The number of ether oxygens (including phenoxy) is 2. The van der Waals surface area contributed by atoms with Crippen LogP contribution in [0.5, 0.6) is 0 Å². The van der Waals surface area contributed by atoms with Crippen LogP contribution in [0.1, 0.15) is 49.4 Å². The summed E-state index contributed by atoms with van der Waals surface area (Å²) in [6, 6.07) is 3.50. The first kappa shape index (κ1) is 18.6. The molecule has 0 unspecified atom stereocenters. The number of hydrogen-bond donors (Lipinski definition) is 1. The Kier molecular flexibility index (Phi) is 11.2. The number of hydrogen-bond acceptors (Lipinski definition) is 4. The highest BCUT2D eigenvalue weighted by Gasteiger charge is 2.03. The van der Waals surface area contributed by atoms with Crippen molar-refractivity contribution in [3.05, 3.63) is 30.1 Å². The van der Waals surface area contributed by atoms with Crippen molar-refractivity contribution in [1.29, 1.82) is 0 Å². The lowest BCUT2D eigenvalue weighted by Crippen LogP contribution is -2.25. The van der Waals surface area contributed by atoms with Crippen molar-refractivity contribution < 1.29 is 14.3 Å². The fraction of sp³-hybridized carbons (Fsp3) is 0.647. The van der Waals surface area contributed by atoms with E-state index >= 15 is 0 Å². The van der Waals surface area contributed by atoms with Crippen molar-refractivity contribution >= 4 is 5.91 Å². The van der Waals surface area contributed by atoms with Gasteiger partial charge in [0.2, 0.25) is 0 Å². The van der Waals surface area contributed by atoms with Gasteiger partial charge in [0.05, 0.1) is 18.8 Å². The van der Waals surface area contributed by atoms with Gasteiger partial charge in [-0.3, -0.25) is 9.78 Å². The fourth-order valence-corrected chi connectivity index (χ4v) is 1.93. The minimum atomic E-state index is -0.0940. The average molecular weight is 308 g/mol. The lowest BCUT2D eigenvalue weighted by Gasteiger charge is -2.07. The molecule has 0 saturated heterocycles. The average Bonchev–Trinajstić information content (AvgIpc) is 2.56. The Labute approximate surface area is 133 Å². The van der Waals surface area contributed by atoms with Crippen LogP contribution in [0.2, 0.25) is 0 Å². The van der Waals surface area contributed by atoms with Gasteiger partial charge in [0.1, 0.15) is 0 Å². The molecule has 1 heterocycles. The molecule has 0 aliphatic heterocycles. The highest BCUT2D eigenvalue weighted by atomic mass is 16.5. The lowest BCUT2D eigenvalue weighted by molar-refractivity contribution is 0.0454. The molecule has 0 saturated carbocycles. The van der Waals surface area contributed by atoms with Gasteiger partial charge in [0, 0.05) is 32.2 Å². The maximum absolute atomic E-state index is 11.7. The van der Waals surface area contributed by atoms with Gasteiger partial charge in [-0.25, -0.2) is 0 Å². The summed E-state index contributed by atoms with van der Waals surface area (Å²) in [4.78, 5) is 15.6. The summed E-state index contributed by atoms with van der Waals surface area (Å²) >= 11 is 0. The van der Waals surface area contributed by atoms with Gasteiger partial charge >= 0.3 is 0 Å². The first-order valence-electron chi connectivity index (χ1n) is 8.18. The number of amides is 1. The van der Waals surface area contributed by atoms with E-state index in [4.69, 9.17) is 9.47 Å². The summed E-state index contributed by atoms with van der Waals surface area (Å²) in [5, 5.41) is 2.84.